The van der Waals surface area contributed by atoms with E-state index in [9.17, 15) is 19.2 Å². The van der Waals surface area contributed by atoms with Gasteiger partial charge in [-0.25, -0.2) is 4.79 Å². The van der Waals surface area contributed by atoms with Crippen LogP contribution in [0.15, 0.2) is 60.7 Å². The first-order chi connectivity index (χ1) is 20.3. The number of piperidine rings is 1. The zero-order chi connectivity index (χ0) is 31.6. The molecule has 1 aliphatic heterocycles. The van der Waals surface area contributed by atoms with Crippen LogP contribution in [0.2, 0.25) is 0 Å². The van der Waals surface area contributed by atoms with Gasteiger partial charge in [0.2, 0.25) is 17.7 Å². The van der Waals surface area contributed by atoms with Gasteiger partial charge in [0, 0.05) is 25.4 Å². The van der Waals surface area contributed by atoms with Crippen LogP contribution in [0.5, 0.6) is 0 Å². The van der Waals surface area contributed by atoms with Gasteiger partial charge in [0.05, 0.1) is 6.04 Å². The third-order valence-corrected chi connectivity index (χ3v) is 7.45. The lowest BCUT2D eigenvalue weighted by molar-refractivity contribution is -0.138. The number of carbonyl (C=O) groups is 4. The van der Waals surface area contributed by atoms with Crippen LogP contribution in [0.1, 0.15) is 78.0 Å². The van der Waals surface area contributed by atoms with Crippen LogP contribution in [0, 0.1) is 11.8 Å². The zero-order valence-corrected chi connectivity index (χ0v) is 26.4. The number of rotatable bonds is 11. The molecule has 0 bridgehead atoms. The summed E-state index contributed by atoms with van der Waals surface area (Å²) >= 11 is 0. The highest BCUT2D eigenvalue weighted by molar-refractivity contribution is 5.89. The first kappa shape index (κ1) is 33.6. The molecular formula is C34H48N4O5. The predicted molar refractivity (Wildman–Crippen MR) is 167 cm³/mol. The molecule has 1 fully saturated rings. The van der Waals surface area contributed by atoms with Gasteiger partial charge in [-0.2, -0.15) is 0 Å². The fourth-order valence-corrected chi connectivity index (χ4v) is 5.21. The Hall–Kier alpha value is -3.88. The number of nitrogens with one attached hydrogen (secondary N) is 3. The monoisotopic (exact) mass is 592 g/mol. The van der Waals surface area contributed by atoms with E-state index in [0.717, 1.165) is 11.1 Å². The molecule has 43 heavy (non-hydrogen) atoms. The highest BCUT2D eigenvalue weighted by Crippen LogP contribution is 2.21. The van der Waals surface area contributed by atoms with Crippen LogP contribution < -0.4 is 16.0 Å². The van der Waals surface area contributed by atoms with Crippen LogP contribution in [-0.4, -0.2) is 59.5 Å². The number of alkyl carbamates (subject to hydrolysis) is 1. The van der Waals surface area contributed by atoms with Crippen LogP contribution in [0.4, 0.5) is 4.79 Å². The molecule has 0 spiro atoms. The molecule has 0 unspecified atom stereocenters. The smallest absolute Gasteiger partial charge is 0.408 e. The lowest BCUT2D eigenvalue weighted by atomic mass is 9.93. The first-order valence-electron chi connectivity index (χ1n) is 15.3. The Morgan fingerprint density at radius 1 is 0.837 bits per heavy atom. The molecule has 1 saturated heterocycles. The largest absolute Gasteiger partial charge is 0.444 e. The Bertz CT molecular complexity index is 1200. The standard InChI is InChI=1S/C34H48N4O5/c1-23(2)21-29(37-33(42)43-34(4,5)6)32(41)38-19-17-27(18-20-38)30(39)36-28(22-25-13-9-7-10-14-25)31(40)35-24(3)26-15-11-8-12-16-26/h7-16,23-24,27-29H,17-22H2,1-6H3,(H,35,40)(H,36,39)(H,37,42)/t24-,28+,29+/m1/s1. The molecule has 2 aromatic carbocycles. The van der Waals surface area contributed by atoms with Crippen molar-refractivity contribution in [3.8, 4) is 0 Å². The van der Waals surface area contributed by atoms with Crippen molar-refractivity contribution in [1.82, 2.24) is 20.9 Å². The second-order valence-electron chi connectivity index (χ2n) is 12.8. The van der Waals surface area contributed by atoms with Crippen LogP contribution in [0.3, 0.4) is 0 Å². The fourth-order valence-electron chi connectivity index (χ4n) is 5.21. The lowest BCUT2D eigenvalue weighted by Gasteiger charge is -2.35. The minimum atomic E-state index is -0.742. The van der Waals surface area contributed by atoms with E-state index in [4.69, 9.17) is 4.74 Å². The van der Waals surface area contributed by atoms with Gasteiger partial charge in [-0.15, -0.1) is 0 Å². The van der Waals surface area contributed by atoms with Gasteiger partial charge in [-0.1, -0.05) is 74.5 Å². The topological polar surface area (TPSA) is 117 Å². The molecule has 3 N–H and O–H groups in total. The predicted octanol–water partition coefficient (Wildman–Crippen LogP) is 4.77. The van der Waals surface area contributed by atoms with E-state index < -0.39 is 23.8 Å². The summed E-state index contributed by atoms with van der Waals surface area (Å²) in [6, 6.07) is 17.7. The van der Waals surface area contributed by atoms with E-state index >= 15 is 0 Å². The maximum Gasteiger partial charge on any atom is 0.408 e. The number of nitrogens with zero attached hydrogens (tertiary/aromatic N) is 1. The molecule has 1 aliphatic rings. The Balaban J connectivity index is 1.62. The Labute approximate surface area is 256 Å². The molecule has 234 valence electrons. The van der Waals surface area contributed by atoms with Crippen molar-refractivity contribution in [2.75, 3.05) is 13.1 Å². The normalized spacial score (nSPS) is 16.1. The minimum absolute atomic E-state index is 0.172. The van der Waals surface area contributed by atoms with E-state index in [1.54, 1.807) is 25.7 Å². The fraction of sp³-hybridized carbons (Fsp3) is 0.529. The van der Waals surface area contributed by atoms with E-state index in [-0.39, 0.29) is 35.6 Å². The van der Waals surface area contributed by atoms with Crippen molar-refractivity contribution in [3.05, 3.63) is 71.8 Å². The molecule has 9 nitrogen and oxygen atoms in total. The Morgan fingerprint density at radius 2 is 1.42 bits per heavy atom. The number of ether oxygens (including phenoxy) is 1. The van der Waals surface area contributed by atoms with Crippen molar-refractivity contribution in [3.63, 3.8) is 0 Å². The highest BCUT2D eigenvalue weighted by Gasteiger charge is 2.34. The van der Waals surface area contributed by atoms with Crippen molar-refractivity contribution < 1.29 is 23.9 Å². The zero-order valence-electron chi connectivity index (χ0n) is 26.4. The van der Waals surface area contributed by atoms with Gasteiger partial charge in [-0.3, -0.25) is 14.4 Å². The van der Waals surface area contributed by atoms with Gasteiger partial charge in [0.25, 0.3) is 0 Å². The number of carbonyl (C=O) groups excluding carboxylic acids is 4. The lowest BCUT2D eigenvalue weighted by Crippen LogP contribution is -2.54. The second-order valence-corrected chi connectivity index (χ2v) is 12.8. The van der Waals surface area contributed by atoms with E-state index in [0.29, 0.717) is 38.8 Å². The number of amides is 4. The maximum atomic E-state index is 13.4. The van der Waals surface area contributed by atoms with E-state index in [1.807, 2.05) is 81.4 Å². The SMILES string of the molecule is CC(C)C[C@H](NC(=O)OC(C)(C)C)C(=O)N1CCC(C(=O)N[C@@H](Cc2ccccc2)C(=O)N[C@H](C)c2ccccc2)CC1. The maximum absolute atomic E-state index is 13.4. The second kappa shape index (κ2) is 15.5. The molecule has 1 heterocycles. The third-order valence-electron chi connectivity index (χ3n) is 7.45. The molecule has 0 aliphatic carbocycles. The van der Waals surface area contributed by atoms with Crippen LogP contribution >= 0.6 is 0 Å². The van der Waals surface area contributed by atoms with Crippen molar-refractivity contribution >= 4 is 23.8 Å². The molecule has 3 atom stereocenters. The number of hydrogen-bond donors (Lipinski definition) is 3. The van der Waals surface area contributed by atoms with Crippen molar-refractivity contribution in [2.24, 2.45) is 11.8 Å². The number of hydrogen-bond acceptors (Lipinski definition) is 5. The summed E-state index contributed by atoms with van der Waals surface area (Å²) in [4.78, 5) is 54.4. The molecule has 4 amide bonds. The van der Waals surface area contributed by atoms with E-state index in [2.05, 4.69) is 16.0 Å². The molecule has 9 heteroatoms. The summed E-state index contributed by atoms with van der Waals surface area (Å²) in [7, 11) is 0. The molecule has 2 aromatic rings. The highest BCUT2D eigenvalue weighted by atomic mass is 16.6. The molecule has 0 radical (unpaired) electrons. The van der Waals surface area contributed by atoms with Gasteiger partial charge in [-0.05, 0) is 64.0 Å². The van der Waals surface area contributed by atoms with Gasteiger partial charge in [0.1, 0.15) is 17.7 Å². The van der Waals surface area contributed by atoms with Gasteiger partial charge >= 0.3 is 6.09 Å². The quantitative estimate of drug-likeness (QED) is 0.348. The molecule has 0 saturated carbocycles. The van der Waals surface area contributed by atoms with Gasteiger partial charge in [0.15, 0.2) is 0 Å². The number of likely N-dealkylation sites (tertiary alicyclic amines) is 1. The van der Waals surface area contributed by atoms with E-state index in [1.165, 1.54) is 0 Å². The van der Waals surface area contributed by atoms with Crippen molar-refractivity contribution in [2.45, 2.75) is 91.0 Å². The van der Waals surface area contributed by atoms with Crippen molar-refractivity contribution in [1.29, 1.82) is 0 Å². The Kier molecular flexibility index (Phi) is 12.2. The summed E-state index contributed by atoms with van der Waals surface area (Å²) in [6.45, 7) is 12.0. The number of benzene rings is 2. The minimum Gasteiger partial charge on any atom is -0.444 e. The Morgan fingerprint density at radius 3 is 1.98 bits per heavy atom. The molecular weight excluding hydrogens is 544 g/mol. The summed E-state index contributed by atoms with van der Waals surface area (Å²) in [5.74, 6) is -0.754. The molecule has 0 aromatic heterocycles. The summed E-state index contributed by atoms with van der Waals surface area (Å²) in [5, 5.41) is 8.81. The third kappa shape index (κ3) is 11.0. The van der Waals surface area contributed by atoms with Crippen LogP contribution in [-0.2, 0) is 25.5 Å². The summed E-state index contributed by atoms with van der Waals surface area (Å²) in [6.07, 6.45) is 1.17. The first-order valence-corrected chi connectivity index (χ1v) is 15.3. The summed E-state index contributed by atoms with van der Waals surface area (Å²) < 4.78 is 5.38. The average Bonchev–Trinajstić information content (AvgIpc) is 2.96. The summed E-state index contributed by atoms with van der Waals surface area (Å²) in [5.41, 5.74) is 1.26. The van der Waals surface area contributed by atoms with Crippen LogP contribution in [0.25, 0.3) is 0 Å². The van der Waals surface area contributed by atoms with Gasteiger partial charge < -0.3 is 25.6 Å². The average molecular weight is 593 g/mol. The molecule has 3 rings (SSSR count).